The number of piperidine rings is 1. The molecule has 0 aromatic carbocycles. The van der Waals surface area contributed by atoms with Crippen LogP contribution in [-0.4, -0.2) is 27.0 Å². The molecule has 1 aliphatic heterocycles. The summed E-state index contributed by atoms with van der Waals surface area (Å²) in [6.07, 6.45) is 3.42. The Morgan fingerprint density at radius 2 is 1.47 bits per heavy atom. The van der Waals surface area contributed by atoms with Crippen LogP contribution in [0.15, 0.2) is 0 Å². The van der Waals surface area contributed by atoms with Crippen molar-refractivity contribution >= 4 is 0 Å². The third kappa shape index (κ3) is 3.16. The van der Waals surface area contributed by atoms with Gasteiger partial charge in [0.2, 0.25) is 0 Å². The van der Waals surface area contributed by atoms with E-state index in [4.69, 9.17) is 4.84 Å². The summed E-state index contributed by atoms with van der Waals surface area (Å²) < 4.78 is 0. The summed E-state index contributed by atoms with van der Waals surface area (Å²) in [5.74, 6) is -1.11. The molecule has 0 atom stereocenters. The molecule has 0 amide bonds. The maximum Gasteiger partial charge on any atom is 0.179 e. The monoisotopic (exact) mass is 215 g/mol. The summed E-state index contributed by atoms with van der Waals surface area (Å²) in [5.41, 5.74) is -0.0243. The van der Waals surface area contributed by atoms with Gasteiger partial charge in [0.05, 0.1) is 0 Å². The molecule has 1 rings (SSSR count). The Morgan fingerprint density at radius 3 is 1.80 bits per heavy atom. The molecule has 0 radical (unpaired) electrons. The van der Waals surface area contributed by atoms with E-state index in [9.17, 15) is 5.11 Å². The lowest BCUT2D eigenvalue weighted by Crippen LogP contribution is -2.60. The van der Waals surface area contributed by atoms with E-state index in [0.29, 0.717) is 0 Å². The molecule has 1 heterocycles. The molecule has 0 bridgehead atoms. The summed E-state index contributed by atoms with van der Waals surface area (Å²) >= 11 is 0. The van der Waals surface area contributed by atoms with Crippen LogP contribution < -0.4 is 0 Å². The molecule has 0 aromatic heterocycles. The highest BCUT2D eigenvalue weighted by Gasteiger charge is 2.44. The van der Waals surface area contributed by atoms with Crippen LogP contribution in [-0.2, 0) is 4.84 Å². The Morgan fingerprint density at radius 1 is 1.07 bits per heavy atom. The lowest BCUT2D eigenvalue weighted by molar-refractivity contribution is -0.379. The Balaban J connectivity index is 2.87. The minimum Gasteiger partial charge on any atom is -0.365 e. The van der Waals surface area contributed by atoms with E-state index < -0.39 is 5.79 Å². The van der Waals surface area contributed by atoms with Crippen LogP contribution in [0.3, 0.4) is 0 Å². The van der Waals surface area contributed by atoms with Crippen molar-refractivity contribution in [3.8, 4) is 0 Å². The van der Waals surface area contributed by atoms with Gasteiger partial charge < -0.3 is 5.11 Å². The molecule has 90 valence electrons. The fraction of sp³-hybridized carbons (Fsp3) is 1.00. The fourth-order valence-corrected chi connectivity index (χ4v) is 2.45. The van der Waals surface area contributed by atoms with Gasteiger partial charge in [0.15, 0.2) is 5.79 Å². The van der Waals surface area contributed by atoms with E-state index in [2.05, 4.69) is 27.7 Å². The van der Waals surface area contributed by atoms with Crippen molar-refractivity contribution in [1.82, 2.24) is 5.06 Å². The van der Waals surface area contributed by atoms with E-state index in [1.54, 1.807) is 13.8 Å². The van der Waals surface area contributed by atoms with Gasteiger partial charge in [0, 0.05) is 11.1 Å². The third-order valence-electron chi connectivity index (χ3n) is 2.99. The van der Waals surface area contributed by atoms with Crippen LogP contribution in [0.5, 0.6) is 0 Å². The quantitative estimate of drug-likeness (QED) is 0.719. The fourth-order valence-electron chi connectivity index (χ4n) is 2.45. The zero-order valence-corrected chi connectivity index (χ0v) is 10.9. The van der Waals surface area contributed by atoms with Crippen LogP contribution in [0.25, 0.3) is 0 Å². The first-order valence-electron chi connectivity index (χ1n) is 5.76. The summed E-state index contributed by atoms with van der Waals surface area (Å²) in [4.78, 5) is 5.70. The molecular formula is C12H25NO2. The highest BCUT2D eigenvalue weighted by atomic mass is 16.8. The number of hydrogen-bond donors (Lipinski definition) is 1. The van der Waals surface area contributed by atoms with Gasteiger partial charge >= 0.3 is 0 Å². The molecule has 0 saturated carbocycles. The van der Waals surface area contributed by atoms with Gasteiger partial charge in [0.25, 0.3) is 0 Å². The highest BCUT2D eigenvalue weighted by Crippen LogP contribution is 2.39. The highest BCUT2D eigenvalue weighted by molar-refractivity contribution is 4.93. The summed E-state index contributed by atoms with van der Waals surface area (Å²) in [6.45, 7) is 12.0. The first kappa shape index (κ1) is 12.9. The van der Waals surface area contributed by atoms with E-state index in [-0.39, 0.29) is 11.1 Å². The number of aliphatic hydroxyl groups is 1. The molecule has 0 spiro atoms. The van der Waals surface area contributed by atoms with Crippen molar-refractivity contribution in [3.05, 3.63) is 0 Å². The van der Waals surface area contributed by atoms with Crippen molar-refractivity contribution < 1.29 is 9.94 Å². The normalized spacial score (nSPS) is 26.6. The van der Waals surface area contributed by atoms with Crippen LogP contribution in [0, 0.1) is 0 Å². The van der Waals surface area contributed by atoms with Gasteiger partial charge in [-0.25, -0.2) is 0 Å². The third-order valence-corrected chi connectivity index (χ3v) is 2.99. The molecule has 1 aliphatic rings. The predicted octanol–water partition coefficient (Wildman–Crippen LogP) is 2.69. The predicted molar refractivity (Wildman–Crippen MR) is 61.2 cm³/mol. The van der Waals surface area contributed by atoms with Gasteiger partial charge in [-0.3, -0.25) is 4.84 Å². The van der Waals surface area contributed by atoms with Crippen LogP contribution in [0.1, 0.15) is 60.8 Å². The van der Waals surface area contributed by atoms with E-state index >= 15 is 0 Å². The molecule has 1 saturated heterocycles. The molecule has 15 heavy (non-hydrogen) atoms. The van der Waals surface area contributed by atoms with Crippen molar-refractivity contribution in [2.75, 3.05) is 0 Å². The Bertz CT molecular complexity index is 212. The largest absolute Gasteiger partial charge is 0.365 e. The second-order valence-corrected chi connectivity index (χ2v) is 6.31. The lowest BCUT2D eigenvalue weighted by atomic mass is 9.82. The van der Waals surface area contributed by atoms with E-state index in [1.807, 2.05) is 5.06 Å². The van der Waals surface area contributed by atoms with Gasteiger partial charge in [-0.05, 0) is 60.8 Å². The van der Waals surface area contributed by atoms with Crippen molar-refractivity contribution in [1.29, 1.82) is 0 Å². The molecular weight excluding hydrogens is 190 g/mol. The smallest absolute Gasteiger partial charge is 0.179 e. The van der Waals surface area contributed by atoms with Crippen molar-refractivity contribution in [2.45, 2.75) is 77.7 Å². The van der Waals surface area contributed by atoms with Crippen LogP contribution in [0.2, 0.25) is 0 Å². The molecule has 3 heteroatoms. The summed E-state index contributed by atoms with van der Waals surface area (Å²) in [6, 6.07) is 0. The minimum atomic E-state index is -1.11. The maximum absolute atomic E-state index is 9.77. The average molecular weight is 215 g/mol. The van der Waals surface area contributed by atoms with Gasteiger partial charge in [0.1, 0.15) is 0 Å². The zero-order chi connectivity index (χ0) is 11.9. The van der Waals surface area contributed by atoms with Gasteiger partial charge in [-0.1, -0.05) is 0 Å². The second-order valence-electron chi connectivity index (χ2n) is 6.31. The molecule has 0 aliphatic carbocycles. The van der Waals surface area contributed by atoms with Crippen molar-refractivity contribution in [2.24, 2.45) is 0 Å². The van der Waals surface area contributed by atoms with Gasteiger partial charge in [-0.15, -0.1) is 0 Å². The minimum absolute atomic E-state index is 0.0122. The van der Waals surface area contributed by atoms with E-state index in [0.717, 1.165) is 12.8 Å². The number of hydrogen-bond acceptors (Lipinski definition) is 3. The van der Waals surface area contributed by atoms with Crippen LogP contribution in [0.4, 0.5) is 0 Å². The topological polar surface area (TPSA) is 32.7 Å². The molecule has 0 aromatic rings. The SMILES string of the molecule is CC(C)(O)ON1C(C)(C)CCCC1(C)C. The first-order chi connectivity index (χ1) is 6.55. The Labute approximate surface area is 93.4 Å². The zero-order valence-electron chi connectivity index (χ0n) is 10.9. The first-order valence-corrected chi connectivity index (χ1v) is 5.76. The summed E-state index contributed by atoms with van der Waals surface area (Å²) in [7, 11) is 0. The number of nitrogens with zero attached hydrogens (tertiary/aromatic N) is 1. The number of hydroxylamine groups is 2. The Kier molecular flexibility index (Phi) is 3.21. The maximum atomic E-state index is 9.77. The molecule has 3 nitrogen and oxygen atoms in total. The molecule has 1 N–H and O–H groups in total. The van der Waals surface area contributed by atoms with Gasteiger partial charge in [-0.2, -0.15) is 5.06 Å². The van der Waals surface area contributed by atoms with Crippen molar-refractivity contribution in [3.63, 3.8) is 0 Å². The van der Waals surface area contributed by atoms with Crippen LogP contribution >= 0.6 is 0 Å². The Hall–Kier alpha value is -0.120. The lowest BCUT2D eigenvalue weighted by Gasteiger charge is -2.52. The number of rotatable bonds is 2. The summed E-state index contributed by atoms with van der Waals surface area (Å²) in [5, 5.41) is 11.7. The average Bonchev–Trinajstić information content (AvgIpc) is 1.95. The second kappa shape index (κ2) is 3.72. The molecule has 0 unspecified atom stereocenters. The standard InChI is InChI=1S/C12H25NO2/c1-10(2)8-7-9-11(3,4)13(10)15-12(5,6)14/h14H,7-9H2,1-6H3. The molecule has 1 fully saturated rings. The van der Waals surface area contributed by atoms with E-state index in [1.165, 1.54) is 6.42 Å².